The fraction of sp³-hybridized carbons (Fsp3) is 0.538. The fourth-order valence-corrected chi connectivity index (χ4v) is 3.05. The van der Waals surface area contributed by atoms with Crippen LogP contribution in [-0.2, 0) is 10.8 Å². The van der Waals surface area contributed by atoms with Gasteiger partial charge < -0.3 is 14.8 Å². The van der Waals surface area contributed by atoms with Crippen LogP contribution in [0.4, 0.5) is 5.69 Å². The highest BCUT2D eigenvalue weighted by Gasteiger charge is 2.23. The summed E-state index contributed by atoms with van der Waals surface area (Å²) in [6, 6.07) is 14.7. The van der Waals surface area contributed by atoms with Gasteiger partial charge in [0, 0.05) is 6.54 Å². The minimum absolute atomic E-state index is 0.0291. The van der Waals surface area contributed by atoms with Crippen molar-refractivity contribution >= 4 is 5.69 Å². The molecule has 0 saturated carbocycles. The van der Waals surface area contributed by atoms with E-state index < -0.39 is 0 Å². The minimum atomic E-state index is 0.0291. The summed E-state index contributed by atoms with van der Waals surface area (Å²) in [5.41, 5.74) is 3.76. The standard InChI is InChI=1S/C26H39NO2/c1-19(2)18-29-24-12-10-9-11-22(24)27-15-16-28-23-14-13-20(25(3,4)5)17-21(23)26(6,7)8/h9-14,17,19,27H,15-16,18H2,1-8H3. The molecule has 2 rings (SSSR count). The van der Waals surface area contributed by atoms with Crippen LogP contribution in [0.25, 0.3) is 0 Å². The lowest BCUT2D eigenvalue weighted by Gasteiger charge is -2.27. The van der Waals surface area contributed by atoms with Gasteiger partial charge in [0.1, 0.15) is 18.1 Å². The molecule has 1 N–H and O–H groups in total. The Morgan fingerprint density at radius 2 is 1.52 bits per heavy atom. The first kappa shape index (κ1) is 23.1. The van der Waals surface area contributed by atoms with Crippen LogP contribution in [-0.4, -0.2) is 19.8 Å². The Morgan fingerprint density at radius 1 is 0.828 bits per heavy atom. The van der Waals surface area contributed by atoms with Gasteiger partial charge in [0.2, 0.25) is 0 Å². The normalized spacial score (nSPS) is 12.2. The molecule has 0 atom stereocenters. The lowest BCUT2D eigenvalue weighted by molar-refractivity contribution is 0.272. The summed E-state index contributed by atoms with van der Waals surface area (Å²) >= 11 is 0. The van der Waals surface area contributed by atoms with Crippen LogP contribution in [0.2, 0.25) is 0 Å². The van der Waals surface area contributed by atoms with E-state index in [-0.39, 0.29) is 10.8 Å². The van der Waals surface area contributed by atoms with Gasteiger partial charge in [-0.05, 0) is 46.1 Å². The predicted octanol–water partition coefficient (Wildman–Crippen LogP) is 6.81. The van der Waals surface area contributed by atoms with Crippen molar-refractivity contribution in [3.05, 3.63) is 53.6 Å². The molecule has 0 heterocycles. The van der Waals surface area contributed by atoms with Crippen molar-refractivity contribution < 1.29 is 9.47 Å². The second-order valence-corrected chi connectivity index (χ2v) is 10.2. The highest BCUT2D eigenvalue weighted by atomic mass is 16.5. The third-order valence-corrected chi connectivity index (χ3v) is 4.79. The van der Waals surface area contributed by atoms with Crippen LogP contribution < -0.4 is 14.8 Å². The molecule has 0 spiro atoms. The molecular weight excluding hydrogens is 358 g/mol. The molecule has 2 aromatic rings. The van der Waals surface area contributed by atoms with Gasteiger partial charge >= 0.3 is 0 Å². The first-order valence-electron chi connectivity index (χ1n) is 10.7. The van der Waals surface area contributed by atoms with Crippen molar-refractivity contribution in [3.63, 3.8) is 0 Å². The van der Waals surface area contributed by atoms with Crippen LogP contribution in [0.5, 0.6) is 11.5 Å². The van der Waals surface area contributed by atoms with E-state index in [9.17, 15) is 0 Å². The molecular formula is C26H39NO2. The summed E-state index contributed by atoms with van der Waals surface area (Å²) < 4.78 is 12.1. The summed E-state index contributed by atoms with van der Waals surface area (Å²) in [7, 11) is 0. The van der Waals surface area contributed by atoms with Gasteiger partial charge in [-0.2, -0.15) is 0 Å². The van der Waals surface area contributed by atoms with E-state index in [1.54, 1.807) is 0 Å². The van der Waals surface area contributed by atoms with Gasteiger partial charge in [-0.3, -0.25) is 0 Å². The van der Waals surface area contributed by atoms with Crippen LogP contribution in [0.1, 0.15) is 66.5 Å². The Morgan fingerprint density at radius 3 is 2.14 bits per heavy atom. The quantitative estimate of drug-likeness (QED) is 0.496. The van der Waals surface area contributed by atoms with E-state index in [0.29, 0.717) is 25.7 Å². The molecule has 0 aromatic heterocycles. The molecule has 0 aliphatic carbocycles. The van der Waals surface area contributed by atoms with E-state index in [0.717, 1.165) is 17.2 Å². The third-order valence-electron chi connectivity index (χ3n) is 4.79. The average Bonchev–Trinajstić information content (AvgIpc) is 2.62. The summed E-state index contributed by atoms with van der Waals surface area (Å²) in [6.45, 7) is 19.8. The SMILES string of the molecule is CC(C)COc1ccccc1NCCOc1ccc(C(C)(C)C)cc1C(C)(C)C. The zero-order valence-electron chi connectivity index (χ0n) is 19.6. The van der Waals surface area contributed by atoms with Crippen molar-refractivity contribution in [2.45, 2.75) is 66.2 Å². The Bertz CT molecular complexity index is 782. The van der Waals surface area contributed by atoms with Gasteiger partial charge in [-0.15, -0.1) is 0 Å². The van der Waals surface area contributed by atoms with E-state index in [1.165, 1.54) is 11.1 Å². The minimum Gasteiger partial charge on any atom is -0.491 e. The molecule has 0 unspecified atom stereocenters. The molecule has 0 saturated heterocycles. The van der Waals surface area contributed by atoms with E-state index in [2.05, 4.69) is 78.9 Å². The van der Waals surface area contributed by atoms with Crippen LogP contribution in [0.3, 0.4) is 0 Å². The highest BCUT2D eigenvalue weighted by Crippen LogP contribution is 2.35. The Kier molecular flexibility index (Phi) is 7.62. The highest BCUT2D eigenvalue weighted by molar-refractivity contribution is 5.56. The maximum Gasteiger partial charge on any atom is 0.142 e. The number of anilines is 1. The molecule has 0 fully saturated rings. The van der Waals surface area contributed by atoms with Gasteiger partial charge in [0.25, 0.3) is 0 Å². The first-order chi connectivity index (χ1) is 13.5. The Hall–Kier alpha value is -2.16. The van der Waals surface area contributed by atoms with Crippen LogP contribution >= 0.6 is 0 Å². The molecule has 0 bridgehead atoms. The molecule has 0 aliphatic rings. The topological polar surface area (TPSA) is 30.5 Å². The van der Waals surface area contributed by atoms with Crippen molar-refractivity contribution in [2.75, 3.05) is 25.1 Å². The second-order valence-electron chi connectivity index (χ2n) is 10.2. The smallest absolute Gasteiger partial charge is 0.142 e. The molecule has 0 aliphatic heterocycles. The Balaban J connectivity index is 2.03. The molecule has 2 aromatic carbocycles. The largest absolute Gasteiger partial charge is 0.491 e. The van der Waals surface area contributed by atoms with E-state index in [1.807, 2.05) is 24.3 Å². The number of ether oxygens (including phenoxy) is 2. The zero-order chi connectivity index (χ0) is 21.7. The molecule has 0 radical (unpaired) electrons. The maximum absolute atomic E-state index is 6.19. The van der Waals surface area contributed by atoms with Crippen molar-refractivity contribution in [3.8, 4) is 11.5 Å². The number of hydrogen-bond acceptors (Lipinski definition) is 3. The number of hydrogen-bond donors (Lipinski definition) is 1. The molecule has 160 valence electrons. The van der Waals surface area contributed by atoms with E-state index >= 15 is 0 Å². The van der Waals surface area contributed by atoms with Gasteiger partial charge in [0.15, 0.2) is 0 Å². The number of rotatable bonds is 8. The number of para-hydroxylation sites is 2. The molecule has 3 nitrogen and oxygen atoms in total. The summed E-state index contributed by atoms with van der Waals surface area (Å²) in [5, 5.41) is 3.45. The zero-order valence-corrected chi connectivity index (χ0v) is 19.6. The third kappa shape index (κ3) is 6.99. The fourth-order valence-electron chi connectivity index (χ4n) is 3.05. The number of benzene rings is 2. The molecule has 0 amide bonds. The monoisotopic (exact) mass is 397 g/mol. The van der Waals surface area contributed by atoms with Gasteiger partial charge in [-0.25, -0.2) is 0 Å². The predicted molar refractivity (Wildman–Crippen MR) is 125 cm³/mol. The van der Waals surface area contributed by atoms with Crippen LogP contribution in [0.15, 0.2) is 42.5 Å². The number of nitrogens with one attached hydrogen (secondary N) is 1. The van der Waals surface area contributed by atoms with Crippen molar-refractivity contribution in [1.82, 2.24) is 0 Å². The van der Waals surface area contributed by atoms with Crippen molar-refractivity contribution in [1.29, 1.82) is 0 Å². The lowest BCUT2D eigenvalue weighted by atomic mass is 9.80. The first-order valence-corrected chi connectivity index (χ1v) is 10.7. The molecule has 29 heavy (non-hydrogen) atoms. The Labute approximate surface area is 177 Å². The maximum atomic E-state index is 6.19. The van der Waals surface area contributed by atoms with Gasteiger partial charge in [0.05, 0.1) is 12.3 Å². The summed E-state index contributed by atoms with van der Waals surface area (Å²) in [5.74, 6) is 2.36. The lowest BCUT2D eigenvalue weighted by Crippen LogP contribution is -2.19. The summed E-state index contributed by atoms with van der Waals surface area (Å²) in [6.07, 6.45) is 0. The summed E-state index contributed by atoms with van der Waals surface area (Å²) in [4.78, 5) is 0. The van der Waals surface area contributed by atoms with Crippen LogP contribution in [0, 0.1) is 5.92 Å². The van der Waals surface area contributed by atoms with E-state index in [4.69, 9.17) is 9.47 Å². The molecule has 3 heteroatoms. The second kappa shape index (κ2) is 9.56. The van der Waals surface area contributed by atoms with Crippen molar-refractivity contribution in [2.24, 2.45) is 5.92 Å². The van der Waals surface area contributed by atoms with Gasteiger partial charge in [-0.1, -0.05) is 79.7 Å². The average molecular weight is 398 g/mol.